The fraction of sp³-hybridized carbons (Fsp3) is 0.533. The smallest absolute Gasteiger partial charge is 0.236 e. The highest BCUT2D eigenvalue weighted by Crippen LogP contribution is 2.20. The largest absolute Gasteiger partial charge is 0.378 e. The molecule has 1 aliphatic rings. The van der Waals surface area contributed by atoms with E-state index in [-0.39, 0.29) is 11.9 Å². The summed E-state index contributed by atoms with van der Waals surface area (Å²) in [6, 6.07) is 7.94. The zero-order valence-corrected chi connectivity index (χ0v) is 12.8. The Labute approximate surface area is 125 Å². The Hall–Kier alpha value is -1.10. The lowest BCUT2D eigenvalue weighted by Gasteiger charge is -2.31. The molecule has 0 saturated carbocycles. The van der Waals surface area contributed by atoms with E-state index in [0.717, 1.165) is 10.6 Å². The molecule has 0 bridgehead atoms. The van der Waals surface area contributed by atoms with Crippen molar-refractivity contribution in [2.24, 2.45) is 0 Å². The van der Waals surface area contributed by atoms with Crippen LogP contribution in [-0.2, 0) is 9.53 Å². The first-order valence-electron chi connectivity index (χ1n) is 6.89. The molecule has 2 rings (SSSR count). The summed E-state index contributed by atoms with van der Waals surface area (Å²) in [4.78, 5) is 16.1. The van der Waals surface area contributed by atoms with Crippen LogP contribution in [0.4, 0.5) is 0 Å². The third kappa shape index (κ3) is 3.95. The van der Waals surface area contributed by atoms with Gasteiger partial charge in [-0.25, -0.2) is 0 Å². The van der Waals surface area contributed by atoms with Crippen molar-refractivity contribution in [3.63, 3.8) is 0 Å². The third-order valence-electron chi connectivity index (χ3n) is 3.76. The van der Waals surface area contributed by atoms with E-state index >= 15 is 0 Å². The molecule has 1 unspecified atom stereocenters. The lowest BCUT2D eigenvalue weighted by atomic mass is 10.1. The minimum atomic E-state index is 0.164. The maximum absolute atomic E-state index is 12.2. The summed E-state index contributed by atoms with van der Waals surface area (Å²) in [6.07, 6.45) is 0. The molecule has 0 spiro atoms. The second-order valence-electron chi connectivity index (χ2n) is 5.14. The van der Waals surface area contributed by atoms with E-state index in [4.69, 9.17) is 16.3 Å². The maximum Gasteiger partial charge on any atom is 0.236 e. The van der Waals surface area contributed by atoms with Crippen LogP contribution in [0.5, 0.6) is 0 Å². The van der Waals surface area contributed by atoms with Gasteiger partial charge < -0.3 is 9.64 Å². The molecule has 0 aromatic heterocycles. The van der Waals surface area contributed by atoms with E-state index in [1.54, 1.807) is 0 Å². The van der Waals surface area contributed by atoms with Gasteiger partial charge in [0.05, 0.1) is 19.8 Å². The molecular formula is C15H21ClN2O2. The van der Waals surface area contributed by atoms with Crippen LogP contribution in [0.25, 0.3) is 0 Å². The highest BCUT2D eigenvalue weighted by molar-refractivity contribution is 6.30. The van der Waals surface area contributed by atoms with Crippen LogP contribution in [-0.4, -0.2) is 55.6 Å². The lowest BCUT2D eigenvalue weighted by molar-refractivity contribution is -0.136. The number of nitrogens with zero attached hydrogens (tertiary/aromatic N) is 2. The van der Waals surface area contributed by atoms with Gasteiger partial charge in [0.25, 0.3) is 0 Å². The minimum absolute atomic E-state index is 0.164. The molecule has 5 heteroatoms. The number of likely N-dealkylation sites (N-methyl/N-ethyl adjacent to an activating group) is 1. The van der Waals surface area contributed by atoms with E-state index in [1.165, 1.54) is 0 Å². The third-order valence-corrected chi connectivity index (χ3v) is 4.01. The molecule has 1 atom stereocenters. The Bertz CT molecular complexity index is 444. The van der Waals surface area contributed by atoms with Crippen molar-refractivity contribution in [1.29, 1.82) is 0 Å². The van der Waals surface area contributed by atoms with Gasteiger partial charge in [-0.2, -0.15) is 0 Å². The van der Waals surface area contributed by atoms with Gasteiger partial charge >= 0.3 is 0 Å². The van der Waals surface area contributed by atoms with Crippen LogP contribution in [0.15, 0.2) is 24.3 Å². The van der Waals surface area contributed by atoms with Crippen LogP contribution >= 0.6 is 11.6 Å². The highest BCUT2D eigenvalue weighted by atomic mass is 35.5. The number of halogens is 1. The number of carbonyl (C=O) groups excluding carboxylic acids is 1. The number of morpholine rings is 1. The van der Waals surface area contributed by atoms with Crippen molar-refractivity contribution in [2.45, 2.75) is 13.0 Å². The van der Waals surface area contributed by atoms with Gasteiger partial charge in [0.2, 0.25) is 5.91 Å². The van der Waals surface area contributed by atoms with E-state index < -0.39 is 0 Å². The van der Waals surface area contributed by atoms with Crippen LogP contribution in [0, 0.1) is 0 Å². The summed E-state index contributed by atoms with van der Waals surface area (Å²) in [5, 5.41) is 0.730. The van der Waals surface area contributed by atoms with Crippen molar-refractivity contribution in [1.82, 2.24) is 9.80 Å². The predicted octanol–water partition coefficient (Wildman–Crippen LogP) is 2.19. The zero-order chi connectivity index (χ0) is 14.5. The Morgan fingerprint density at radius 3 is 2.55 bits per heavy atom. The number of benzene rings is 1. The molecule has 20 heavy (non-hydrogen) atoms. The second kappa shape index (κ2) is 7.07. The summed E-state index contributed by atoms with van der Waals surface area (Å²) >= 11 is 5.90. The first-order chi connectivity index (χ1) is 9.58. The first kappa shape index (κ1) is 15.3. The van der Waals surface area contributed by atoms with Crippen molar-refractivity contribution in [3.8, 4) is 0 Å². The number of carbonyl (C=O) groups is 1. The molecular weight excluding hydrogens is 276 g/mol. The molecule has 1 heterocycles. The maximum atomic E-state index is 12.2. The molecule has 0 radical (unpaired) electrons. The average molecular weight is 297 g/mol. The van der Waals surface area contributed by atoms with Crippen LogP contribution < -0.4 is 0 Å². The van der Waals surface area contributed by atoms with Gasteiger partial charge in [0.1, 0.15) is 0 Å². The molecule has 110 valence electrons. The standard InChI is InChI=1S/C15H21ClN2O2/c1-12(13-3-5-14(16)6-4-13)17(2)11-15(19)18-7-9-20-10-8-18/h3-6,12H,7-11H2,1-2H3. The van der Waals surface area contributed by atoms with Crippen molar-refractivity contribution in [3.05, 3.63) is 34.9 Å². The topological polar surface area (TPSA) is 32.8 Å². The average Bonchev–Trinajstić information content (AvgIpc) is 2.48. The van der Waals surface area contributed by atoms with Crippen molar-refractivity contribution < 1.29 is 9.53 Å². The Morgan fingerprint density at radius 1 is 1.35 bits per heavy atom. The van der Waals surface area contributed by atoms with Crippen LogP contribution in [0.2, 0.25) is 5.02 Å². The molecule has 1 amide bonds. The number of hydrogen-bond acceptors (Lipinski definition) is 3. The van der Waals surface area contributed by atoms with Crippen LogP contribution in [0.3, 0.4) is 0 Å². The fourth-order valence-corrected chi connectivity index (χ4v) is 2.38. The molecule has 1 aromatic rings. The number of rotatable bonds is 4. The molecule has 1 aliphatic heterocycles. The van der Waals surface area contributed by atoms with E-state index in [2.05, 4.69) is 11.8 Å². The van der Waals surface area contributed by atoms with Gasteiger partial charge in [0.15, 0.2) is 0 Å². The lowest BCUT2D eigenvalue weighted by Crippen LogP contribution is -2.45. The minimum Gasteiger partial charge on any atom is -0.378 e. The molecule has 1 saturated heterocycles. The van der Waals surface area contributed by atoms with Crippen molar-refractivity contribution >= 4 is 17.5 Å². The van der Waals surface area contributed by atoms with Gasteiger partial charge in [-0.15, -0.1) is 0 Å². The summed E-state index contributed by atoms with van der Waals surface area (Å²) < 4.78 is 5.26. The van der Waals surface area contributed by atoms with Gasteiger partial charge in [-0.1, -0.05) is 23.7 Å². The summed E-state index contributed by atoms with van der Waals surface area (Å²) in [7, 11) is 1.97. The zero-order valence-electron chi connectivity index (χ0n) is 12.0. The van der Waals surface area contributed by atoms with Crippen molar-refractivity contribution in [2.75, 3.05) is 39.9 Å². The first-order valence-corrected chi connectivity index (χ1v) is 7.27. The highest BCUT2D eigenvalue weighted by Gasteiger charge is 2.20. The summed E-state index contributed by atoms with van der Waals surface area (Å²) in [6.45, 7) is 5.19. The molecule has 4 nitrogen and oxygen atoms in total. The fourth-order valence-electron chi connectivity index (χ4n) is 2.26. The van der Waals surface area contributed by atoms with E-state index in [9.17, 15) is 4.79 Å². The normalized spacial score (nSPS) is 17.3. The van der Waals surface area contributed by atoms with E-state index in [0.29, 0.717) is 32.8 Å². The summed E-state index contributed by atoms with van der Waals surface area (Å²) in [5.74, 6) is 0.164. The molecule has 0 aliphatic carbocycles. The summed E-state index contributed by atoms with van der Waals surface area (Å²) in [5.41, 5.74) is 1.16. The Balaban J connectivity index is 1.91. The molecule has 1 aromatic carbocycles. The van der Waals surface area contributed by atoms with Crippen LogP contribution in [0.1, 0.15) is 18.5 Å². The molecule has 1 fully saturated rings. The number of ether oxygens (including phenoxy) is 1. The molecule has 0 N–H and O–H groups in total. The van der Waals surface area contributed by atoms with Gasteiger partial charge in [-0.05, 0) is 31.7 Å². The van der Waals surface area contributed by atoms with E-state index in [1.807, 2.05) is 36.2 Å². The number of amides is 1. The quantitative estimate of drug-likeness (QED) is 0.854. The monoisotopic (exact) mass is 296 g/mol. The number of hydrogen-bond donors (Lipinski definition) is 0. The van der Waals surface area contributed by atoms with Gasteiger partial charge in [0, 0.05) is 24.2 Å². The SMILES string of the molecule is CC(c1ccc(Cl)cc1)N(C)CC(=O)N1CCOCC1. The Kier molecular flexibility index (Phi) is 5.40. The second-order valence-corrected chi connectivity index (χ2v) is 5.57. The Morgan fingerprint density at radius 2 is 1.95 bits per heavy atom. The van der Waals surface area contributed by atoms with Gasteiger partial charge in [-0.3, -0.25) is 9.69 Å². The predicted molar refractivity (Wildman–Crippen MR) is 79.9 cm³/mol.